The van der Waals surface area contributed by atoms with Crippen LogP contribution in [0.2, 0.25) is 0 Å². The maximum Gasteiger partial charge on any atom is 0.303 e. The fraction of sp³-hybridized carbons (Fsp3) is 0.462. The lowest BCUT2D eigenvalue weighted by Gasteiger charge is -2.11. The van der Waals surface area contributed by atoms with Gasteiger partial charge < -0.3 is 10.8 Å². The highest BCUT2D eigenvalue weighted by Crippen LogP contribution is 2.30. The number of carbonyl (C=O) groups is 1. The van der Waals surface area contributed by atoms with Gasteiger partial charge in [-0.05, 0) is 98.7 Å². The highest BCUT2D eigenvalue weighted by atomic mass is 127. The van der Waals surface area contributed by atoms with Crippen LogP contribution >= 0.6 is 67.8 Å². The Bertz CT molecular complexity index is 464. The van der Waals surface area contributed by atoms with Gasteiger partial charge in [-0.25, -0.2) is 0 Å². The summed E-state index contributed by atoms with van der Waals surface area (Å²) in [7, 11) is 0. The molecular weight excluding hydrogens is 583 g/mol. The van der Waals surface area contributed by atoms with Gasteiger partial charge >= 0.3 is 5.97 Å². The molecule has 0 saturated heterocycles. The third-order valence-electron chi connectivity index (χ3n) is 2.87. The minimum Gasteiger partial charge on any atom is -0.481 e. The standard InChI is InChI=1S/C13H16I3NO2/c14-9-7-10(15)13(17)12(16)8(9)5-3-1-2-4-6-11(18)19/h7H,1-6,17H2,(H,18,19). The van der Waals surface area contributed by atoms with Crippen molar-refractivity contribution in [2.75, 3.05) is 5.73 Å². The molecule has 1 aromatic rings. The second-order valence-corrected chi connectivity index (χ2v) is 7.76. The normalized spacial score (nSPS) is 10.7. The molecule has 0 aromatic heterocycles. The van der Waals surface area contributed by atoms with E-state index in [1.54, 1.807) is 0 Å². The second-order valence-electron chi connectivity index (χ2n) is 4.35. The molecule has 3 nitrogen and oxygen atoms in total. The summed E-state index contributed by atoms with van der Waals surface area (Å²) >= 11 is 6.95. The molecule has 0 aliphatic heterocycles. The van der Waals surface area contributed by atoms with E-state index >= 15 is 0 Å². The minimum atomic E-state index is -0.700. The first-order valence-corrected chi connectivity index (χ1v) is 9.30. The molecule has 0 spiro atoms. The lowest BCUT2D eigenvalue weighted by Crippen LogP contribution is -2.02. The van der Waals surface area contributed by atoms with Crippen molar-refractivity contribution < 1.29 is 9.90 Å². The Hall–Kier alpha value is 0.680. The van der Waals surface area contributed by atoms with Crippen LogP contribution < -0.4 is 5.73 Å². The van der Waals surface area contributed by atoms with E-state index in [2.05, 4.69) is 73.8 Å². The number of benzene rings is 1. The summed E-state index contributed by atoms with van der Waals surface area (Å²) in [6.07, 6.45) is 5.23. The molecule has 106 valence electrons. The third kappa shape index (κ3) is 5.90. The van der Waals surface area contributed by atoms with Crippen LogP contribution in [0.4, 0.5) is 5.69 Å². The van der Waals surface area contributed by atoms with Crippen molar-refractivity contribution in [2.24, 2.45) is 0 Å². The Balaban J connectivity index is 2.46. The molecule has 0 fully saturated rings. The van der Waals surface area contributed by atoms with Crippen molar-refractivity contribution >= 4 is 79.4 Å². The van der Waals surface area contributed by atoms with Gasteiger partial charge in [0.05, 0.1) is 5.69 Å². The summed E-state index contributed by atoms with van der Waals surface area (Å²) in [6.45, 7) is 0. The maximum absolute atomic E-state index is 10.4. The lowest BCUT2D eigenvalue weighted by molar-refractivity contribution is -0.137. The number of nitrogen functional groups attached to an aromatic ring is 1. The number of anilines is 1. The number of carboxylic acid groups (broad SMARTS) is 1. The smallest absolute Gasteiger partial charge is 0.303 e. The topological polar surface area (TPSA) is 63.3 Å². The highest BCUT2D eigenvalue weighted by Gasteiger charge is 2.11. The first kappa shape index (κ1) is 17.7. The quantitative estimate of drug-likeness (QED) is 0.273. The number of hydrogen-bond acceptors (Lipinski definition) is 2. The largest absolute Gasteiger partial charge is 0.481 e. The van der Waals surface area contributed by atoms with E-state index in [9.17, 15) is 4.79 Å². The van der Waals surface area contributed by atoms with Gasteiger partial charge in [0.25, 0.3) is 0 Å². The van der Waals surface area contributed by atoms with Crippen LogP contribution in [0.5, 0.6) is 0 Å². The van der Waals surface area contributed by atoms with Crippen LogP contribution in [-0.4, -0.2) is 11.1 Å². The molecule has 6 heteroatoms. The van der Waals surface area contributed by atoms with Gasteiger partial charge in [-0.3, -0.25) is 4.79 Å². The van der Waals surface area contributed by atoms with Gasteiger partial charge in [0, 0.05) is 17.1 Å². The number of carboxylic acids is 1. The molecule has 0 atom stereocenters. The Morgan fingerprint density at radius 1 is 1.11 bits per heavy atom. The van der Waals surface area contributed by atoms with E-state index in [1.165, 1.54) is 12.7 Å². The average Bonchev–Trinajstić information content (AvgIpc) is 2.34. The molecule has 3 N–H and O–H groups in total. The Labute approximate surface area is 154 Å². The van der Waals surface area contributed by atoms with Crippen LogP contribution in [0.3, 0.4) is 0 Å². The summed E-state index contributed by atoms with van der Waals surface area (Å²) in [4.78, 5) is 10.4. The van der Waals surface area contributed by atoms with Crippen molar-refractivity contribution in [3.8, 4) is 0 Å². The van der Waals surface area contributed by atoms with E-state index in [1.807, 2.05) is 0 Å². The number of unbranched alkanes of at least 4 members (excludes halogenated alkanes) is 3. The Kier molecular flexibility index (Phi) is 8.26. The molecule has 0 heterocycles. The number of halogens is 3. The van der Waals surface area contributed by atoms with Gasteiger partial charge in [0.1, 0.15) is 0 Å². The van der Waals surface area contributed by atoms with E-state index in [0.29, 0.717) is 0 Å². The van der Waals surface area contributed by atoms with Gasteiger partial charge in [-0.2, -0.15) is 0 Å². The van der Waals surface area contributed by atoms with Crippen LogP contribution in [0.15, 0.2) is 6.07 Å². The van der Waals surface area contributed by atoms with Crippen molar-refractivity contribution in [1.29, 1.82) is 0 Å². The predicted molar refractivity (Wildman–Crippen MR) is 103 cm³/mol. The first-order valence-electron chi connectivity index (χ1n) is 6.07. The Morgan fingerprint density at radius 3 is 2.37 bits per heavy atom. The SMILES string of the molecule is Nc1c(I)cc(I)c(CCCCCCC(=O)O)c1I. The van der Waals surface area contributed by atoms with Crippen molar-refractivity contribution in [3.05, 3.63) is 22.3 Å². The summed E-state index contributed by atoms with van der Waals surface area (Å²) in [6, 6.07) is 2.12. The van der Waals surface area contributed by atoms with Gasteiger partial charge in [0.2, 0.25) is 0 Å². The highest BCUT2D eigenvalue weighted by molar-refractivity contribution is 14.1. The molecule has 0 amide bonds. The van der Waals surface area contributed by atoms with E-state index in [4.69, 9.17) is 10.8 Å². The summed E-state index contributed by atoms with van der Waals surface area (Å²) in [5.41, 5.74) is 8.26. The molecule has 0 saturated carbocycles. The van der Waals surface area contributed by atoms with Crippen LogP contribution in [-0.2, 0) is 11.2 Å². The van der Waals surface area contributed by atoms with Crippen LogP contribution in [0.1, 0.15) is 37.7 Å². The third-order valence-corrected chi connectivity index (χ3v) is 5.96. The van der Waals surface area contributed by atoms with E-state index in [0.717, 1.165) is 41.4 Å². The summed E-state index contributed by atoms with van der Waals surface area (Å²) in [5.74, 6) is -0.700. The number of aliphatic carboxylic acids is 1. The second kappa shape index (κ2) is 8.85. The summed E-state index contributed by atoms with van der Waals surface area (Å²) < 4.78 is 3.54. The molecule has 19 heavy (non-hydrogen) atoms. The van der Waals surface area contributed by atoms with Gasteiger partial charge in [-0.15, -0.1) is 0 Å². The van der Waals surface area contributed by atoms with Gasteiger partial charge in [-0.1, -0.05) is 12.8 Å². The van der Waals surface area contributed by atoms with Crippen LogP contribution in [0.25, 0.3) is 0 Å². The fourth-order valence-corrected chi connectivity index (χ4v) is 5.72. The monoisotopic (exact) mass is 599 g/mol. The lowest BCUT2D eigenvalue weighted by atomic mass is 10.0. The van der Waals surface area contributed by atoms with Crippen molar-refractivity contribution in [1.82, 2.24) is 0 Å². The number of nitrogens with two attached hydrogens (primary N) is 1. The van der Waals surface area contributed by atoms with Crippen molar-refractivity contribution in [2.45, 2.75) is 38.5 Å². The number of rotatable bonds is 7. The fourth-order valence-electron chi connectivity index (χ4n) is 1.81. The van der Waals surface area contributed by atoms with Crippen molar-refractivity contribution in [3.63, 3.8) is 0 Å². The van der Waals surface area contributed by atoms with Gasteiger partial charge in [0.15, 0.2) is 0 Å². The molecule has 0 aliphatic carbocycles. The van der Waals surface area contributed by atoms with E-state index in [-0.39, 0.29) is 6.42 Å². The van der Waals surface area contributed by atoms with Crippen LogP contribution in [0, 0.1) is 10.7 Å². The average molecular weight is 599 g/mol. The zero-order chi connectivity index (χ0) is 14.4. The summed E-state index contributed by atoms with van der Waals surface area (Å²) in [5, 5.41) is 8.56. The molecule has 1 rings (SSSR count). The zero-order valence-corrected chi connectivity index (χ0v) is 16.9. The zero-order valence-electron chi connectivity index (χ0n) is 10.4. The molecule has 1 aromatic carbocycles. The number of hydrogen-bond donors (Lipinski definition) is 2. The van der Waals surface area contributed by atoms with E-state index < -0.39 is 5.97 Å². The molecule has 0 unspecified atom stereocenters. The predicted octanol–water partition coefficient (Wildman–Crippen LogP) is 4.66. The molecule has 0 radical (unpaired) electrons. The Morgan fingerprint density at radius 2 is 1.74 bits per heavy atom. The first-order chi connectivity index (χ1) is 8.93. The maximum atomic E-state index is 10.4. The molecule has 0 bridgehead atoms. The minimum absolute atomic E-state index is 0.283. The molecule has 0 aliphatic rings. The molecular formula is C13H16I3NO2.